The Hall–Kier alpha value is -0.520. The summed E-state index contributed by atoms with van der Waals surface area (Å²) in [6.07, 6.45) is 3.22. The van der Waals surface area contributed by atoms with Gasteiger partial charge in [-0.15, -0.1) is 11.8 Å². The van der Waals surface area contributed by atoms with Gasteiger partial charge in [-0.1, -0.05) is 28.1 Å². The molecule has 1 fully saturated rings. The number of hydrogen-bond acceptors (Lipinski definition) is 3. The first-order valence-electron chi connectivity index (χ1n) is 7.49. The Morgan fingerprint density at radius 2 is 2.05 bits per heavy atom. The van der Waals surface area contributed by atoms with Crippen molar-refractivity contribution in [2.75, 3.05) is 18.8 Å². The molecule has 0 saturated carbocycles. The van der Waals surface area contributed by atoms with Gasteiger partial charge in [-0.2, -0.15) is 0 Å². The largest absolute Gasteiger partial charge is 0.353 e. The van der Waals surface area contributed by atoms with Crippen LogP contribution in [0, 0.1) is 0 Å². The lowest BCUT2D eigenvalue weighted by Gasteiger charge is -2.22. The summed E-state index contributed by atoms with van der Waals surface area (Å²) in [5.41, 5.74) is 1.25. The molecule has 1 saturated heterocycles. The second-order valence-electron chi connectivity index (χ2n) is 5.56. The Balaban J connectivity index is 1.67. The van der Waals surface area contributed by atoms with Gasteiger partial charge in [-0.05, 0) is 57.0 Å². The zero-order valence-corrected chi connectivity index (χ0v) is 14.8. The highest BCUT2D eigenvalue weighted by Gasteiger charge is 2.15. The van der Waals surface area contributed by atoms with Crippen molar-refractivity contribution in [1.29, 1.82) is 0 Å². The molecule has 1 amide bonds. The first kappa shape index (κ1) is 16.8. The summed E-state index contributed by atoms with van der Waals surface area (Å²) < 4.78 is 1.08. The maximum atomic E-state index is 12.0. The second-order valence-corrected chi connectivity index (χ2v) is 7.76. The Morgan fingerprint density at radius 3 is 2.71 bits per heavy atom. The molecule has 1 atom stereocenters. The molecule has 2 N–H and O–H groups in total. The van der Waals surface area contributed by atoms with E-state index in [2.05, 4.69) is 45.6 Å². The van der Waals surface area contributed by atoms with Gasteiger partial charge < -0.3 is 10.6 Å². The van der Waals surface area contributed by atoms with E-state index in [1.807, 2.05) is 12.1 Å². The molecule has 116 valence electrons. The van der Waals surface area contributed by atoms with Gasteiger partial charge in [0.1, 0.15) is 0 Å². The number of amides is 1. The zero-order valence-electron chi connectivity index (χ0n) is 12.4. The third kappa shape index (κ3) is 6.41. The Kier molecular flexibility index (Phi) is 7.07. The molecule has 1 aromatic carbocycles. The standard InChI is InChI=1S/C16H23BrN2OS/c1-12(10-13-2-4-14(17)5-3-13)19-16(20)11-21-15-6-8-18-9-7-15/h2-5,12,15,18H,6-11H2,1H3,(H,19,20). The summed E-state index contributed by atoms with van der Waals surface area (Å²) in [4.78, 5) is 12.0. The van der Waals surface area contributed by atoms with Gasteiger partial charge in [-0.25, -0.2) is 0 Å². The topological polar surface area (TPSA) is 41.1 Å². The van der Waals surface area contributed by atoms with Crippen molar-refractivity contribution >= 4 is 33.6 Å². The molecule has 1 aliphatic rings. The van der Waals surface area contributed by atoms with Crippen LogP contribution in [-0.4, -0.2) is 36.0 Å². The summed E-state index contributed by atoms with van der Waals surface area (Å²) in [6.45, 7) is 4.23. The molecule has 0 radical (unpaired) electrons. The Labute approximate surface area is 139 Å². The SMILES string of the molecule is CC(Cc1ccc(Br)cc1)NC(=O)CSC1CCNCC1. The van der Waals surface area contributed by atoms with E-state index in [1.54, 1.807) is 11.8 Å². The average molecular weight is 371 g/mol. The predicted molar refractivity (Wildman–Crippen MR) is 93.8 cm³/mol. The molecular weight excluding hydrogens is 348 g/mol. The number of carbonyl (C=O) groups excluding carboxylic acids is 1. The van der Waals surface area contributed by atoms with Crippen LogP contribution in [0.2, 0.25) is 0 Å². The monoisotopic (exact) mass is 370 g/mol. The van der Waals surface area contributed by atoms with E-state index in [9.17, 15) is 4.79 Å². The highest BCUT2D eigenvalue weighted by atomic mass is 79.9. The van der Waals surface area contributed by atoms with Gasteiger partial charge in [0.2, 0.25) is 5.91 Å². The molecule has 3 nitrogen and oxygen atoms in total. The minimum Gasteiger partial charge on any atom is -0.353 e. The van der Waals surface area contributed by atoms with Crippen molar-refractivity contribution in [3.8, 4) is 0 Å². The fourth-order valence-electron chi connectivity index (χ4n) is 2.50. The number of benzene rings is 1. The minimum absolute atomic E-state index is 0.156. The highest BCUT2D eigenvalue weighted by Crippen LogP contribution is 2.19. The highest BCUT2D eigenvalue weighted by molar-refractivity contribution is 9.10. The van der Waals surface area contributed by atoms with E-state index < -0.39 is 0 Å². The lowest BCUT2D eigenvalue weighted by molar-refractivity contribution is -0.119. The van der Waals surface area contributed by atoms with E-state index in [1.165, 1.54) is 18.4 Å². The van der Waals surface area contributed by atoms with Crippen LogP contribution in [0.1, 0.15) is 25.3 Å². The van der Waals surface area contributed by atoms with Crippen molar-refractivity contribution in [1.82, 2.24) is 10.6 Å². The summed E-state index contributed by atoms with van der Waals surface area (Å²) in [6, 6.07) is 8.44. The third-order valence-corrected chi connectivity index (χ3v) is 5.50. The minimum atomic E-state index is 0.156. The van der Waals surface area contributed by atoms with Crippen molar-refractivity contribution in [2.45, 2.75) is 37.5 Å². The fourth-order valence-corrected chi connectivity index (χ4v) is 3.80. The van der Waals surface area contributed by atoms with Crippen LogP contribution in [0.15, 0.2) is 28.7 Å². The van der Waals surface area contributed by atoms with E-state index in [-0.39, 0.29) is 11.9 Å². The van der Waals surface area contributed by atoms with Gasteiger partial charge in [0.25, 0.3) is 0 Å². The number of hydrogen-bond donors (Lipinski definition) is 2. The molecule has 0 aromatic heterocycles. The summed E-state index contributed by atoms with van der Waals surface area (Å²) >= 11 is 5.23. The van der Waals surface area contributed by atoms with Crippen molar-refractivity contribution in [3.05, 3.63) is 34.3 Å². The average Bonchev–Trinajstić information content (AvgIpc) is 2.48. The van der Waals surface area contributed by atoms with Crippen molar-refractivity contribution < 1.29 is 4.79 Å². The van der Waals surface area contributed by atoms with Crippen LogP contribution < -0.4 is 10.6 Å². The van der Waals surface area contributed by atoms with Gasteiger partial charge >= 0.3 is 0 Å². The van der Waals surface area contributed by atoms with Crippen LogP contribution >= 0.6 is 27.7 Å². The lowest BCUT2D eigenvalue weighted by atomic mass is 10.1. The number of halogens is 1. The molecule has 0 bridgehead atoms. The van der Waals surface area contributed by atoms with Gasteiger partial charge in [0.05, 0.1) is 5.75 Å². The van der Waals surface area contributed by atoms with Crippen LogP contribution in [0.4, 0.5) is 0 Å². The maximum Gasteiger partial charge on any atom is 0.230 e. The Bertz CT molecular complexity index is 446. The van der Waals surface area contributed by atoms with E-state index in [4.69, 9.17) is 0 Å². The number of rotatable bonds is 6. The molecule has 5 heteroatoms. The quantitative estimate of drug-likeness (QED) is 0.808. The van der Waals surface area contributed by atoms with E-state index in [0.29, 0.717) is 11.0 Å². The molecule has 0 aliphatic carbocycles. The zero-order chi connectivity index (χ0) is 15.1. The first-order valence-corrected chi connectivity index (χ1v) is 9.34. The molecule has 2 rings (SSSR count). The van der Waals surface area contributed by atoms with Crippen LogP contribution in [0.5, 0.6) is 0 Å². The molecule has 1 aliphatic heterocycles. The number of carbonyl (C=O) groups is 1. The molecular formula is C16H23BrN2OS. The fraction of sp³-hybridized carbons (Fsp3) is 0.562. The molecule has 1 unspecified atom stereocenters. The van der Waals surface area contributed by atoms with Gasteiger partial charge in [-0.3, -0.25) is 4.79 Å². The maximum absolute atomic E-state index is 12.0. The first-order chi connectivity index (χ1) is 10.1. The van der Waals surface area contributed by atoms with Crippen molar-refractivity contribution in [3.63, 3.8) is 0 Å². The van der Waals surface area contributed by atoms with E-state index >= 15 is 0 Å². The van der Waals surface area contributed by atoms with E-state index in [0.717, 1.165) is 24.0 Å². The molecule has 1 heterocycles. The normalized spacial score (nSPS) is 17.4. The predicted octanol–water partition coefficient (Wildman–Crippen LogP) is 2.98. The summed E-state index contributed by atoms with van der Waals surface area (Å²) in [7, 11) is 0. The van der Waals surface area contributed by atoms with Crippen LogP contribution in [0.3, 0.4) is 0 Å². The van der Waals surface area contributed by atoms with Crippen LogP contribution in [-0.2, 0) is 11.2 Å². The smallest absolute Gasteiger partial charge is 0.230 e. The van der Waals surface area contributed by atoms with Gasteiger partial charge in [0, 0.05) is 15.8 Å². The summed E-state index contributed by atoms with van der Waals surface area (Å²) in [5.74, 6) is 0.734. The molecule has 1 aromatic rings. The third-order valence-electron chi connectivity index (χ3n) is 3.60. The number of thioether (sulfide) groups is 1. The summed E-state index contributed by atoms with van der Waals surface area (Å²) in [5, 5.41) is 7.08. The molecule has 21 heavy (non-hydrogen) atoms. The molecule has 0 spiro atoms. The number of piperidine rings is 1. The number of nitrogens with one attached hydrogen (secondary N) is 2. The van der Waals surface area contributed by atoms with Crippen molar-refractivity contribution in [2.24, 2.45) is 0 Å². The lowest BCUT2D eigenvalue weighted by Crippen LogP contribution is -2.36. The van der Waals surface area contributed by atoms with Crippen LogP contribution in [0.25, 0.3) is 0 Å². The second kappa shape index (κ2) is 8.81. The Morgan fingerprint density at radius 1 is 1.38 bits per heavy atom. The van der Waals surface area contributed by atoms with Gasteiger partial charge in [0.15, 0.2) is 0 Å².